The maximum atomic E-state index is 13.9. The van der Waals surface area contributed by atoms with E-state index >= 15 is 0 Å². The van der Waals surface area contributed by atoms with Gasteiger partial charge in [-0.2, -0.15) is 12.6 Å². The molecule has 0 aliphatic rings. The van der Waals surface area contributed by atoms with Crippen molar-refractivity contribution in [2.24, 2.45) is 0 Å². The molecule has 0 fully saturated rings. The average molecular weight is 508 g/mol. The smallest absolute Gasteiger partial charge is 0.408 e. The Morgan fingerprint density at radius 1 is 1.06 bits per heavy atom. The van der Waals surface area contributed by atoms with E-state index in [0.29, 0.717) is 6.54 Å². The first-order chi connectivity index (χ1) is 16.1. The van der Waals surface area contributed by atoms with Crippen molar-refractivity contribution in [2.75, 3.05) is 12.3 Å². The van der Waals surface area contributed by atoms with Crippen LogP contribution < -0.4 is 10.6 Å². The number of thiol groups is 1. The number of hydrogen-bond acceptors (Lipinski definition) is 5. The molecule has 2 unspecified atom stereocenters. The molecule has 1 rings (SSSR count). The summed E-state index contributed by atoms with van der Waals surface area (Å²) >= 11 is 4.34. The Morgan fingerprint density at radius 2 is 1.69 bits per heavy atom. The molecule has 1 aromatic carbocycles. The van der Waals surface area contributed by atoms with Crippen molar-refractivity contribution in [3.05, 3.63) is 34.9 Å². The minimum atomic E-state index is -0.965. The van der Waals surface area contributed by atoms with Gasteiger partial charge in [0.25, 0.3) is 0 Å². The number of alkyl carbamates (subject to hydrolysis) is 1. The van der Waals surface area contributed by atoms with Crippen LogP contribution in [-0.4, -0.2) is 52.3 Å². The molecule has 0 saturated carbocycles. The molecule has 0 aromatic heterocycles. The maximum Gasteiger partial charge on any atom is 0.408 e. The third-order valence-electron chi connectivity index (χ3n) is 5.45. The SMILES string of the molecule is CCCCCNC(=O)C(c1cc(C)ccc1C)N(C(=O)C(CS)NC(=O)OC(C)(C)C)C(C)(C)C. The van der Waals surface area contributed by atoms with Gasteiger partial charge in [-0.05, 0) is 72.9 Å². The second-order valence-corrected chi connectivity index (χ2v) is 11.4. The van der Waals surface area contributed by atoms with Crippen molar-refractivity contribution in [3.8, 4) is 0 Å². The molecule has 0 aliphatic carbocycles. The summed E-state index contributed by atoms with van der Waals surface area (Å²) in [6, 6.07) is 4.07. The van der Waals surface area contributed by atoms with Crippen LogP contribution in [0.4, 0.5) is 4.79 Å². The van der Waals surface area contributed by atoms with Gasteiger partial charge in [-0.15, -0.1) is 0 Å². The van der Waals surface area contributed by atoms with Crippen LogP contribution in [0.1, 0.15) is 90.5 Å². The van der Waals surface area contributed by atoms with Gasteiger partial charge in [0.1, 0.15) is 17.7 Å². The van der Waals surface area contributed by atoms with Crippen LogP contribution in [0.15, 0.2) is 18.2 Å². The van der Waals surface area contributed by atoms with Crippen LogP contribution in [-0.2, 0) is 14.3 Å². The molecule has 0 aliphatic heterocycles. The molecule has 3 amide bonds. The Hall–Kier alpha value is -2.22. The summed E-state index contributed by atoms with van der Waals surface area (Å²) in [5, 5.41) is 5.68. The van der Waals surface area contributed by atoms with Crippen LogP contribution in [0.5, 0.6) is 0 Å². The fourth-order valence-electron chi connectivity index (χ4n) is 3.78. The lowest BCUT2D eigenvalue weighted by Gasteiger charge is -2.43. The predicted octanol–water partition coefficient (Wildman–Crippen LogP) is 5.10. The summed E-state index contributed by atoms with van der Waals surface area (Å²) in [4.78, 5) is 41.6. The Kier molecular flexibility index (Phi) is 11.6. The first-order valence-electron chi connectivity index (χ1n) is 12.4. The zero-order valence-corrected chi connectivity index (χ0v) is 23.8. The molecule has 35 heavy (non-hydrogen) atoms. The van der Waals surface area contributed by atoms with E-state index in [9.17, 15) is 14.4 Å². The number of ether oxygens (including phenoxy) is 1. The highest BCUT2D eigenvalue weighted by Crippen LogP contribution is 2.32. The van der Waals surface area contributed by atoms with Gasteiger partial charge in [0.15, 0.2) is 0 Å². The number of hydrogen-bond donors (Lipinski definition) is 3. The Bertz CT molecular complexity index is 874. The summed E-state index contributed by atoms with van der Waals surface area (Å²) in [5.41, 5.74) is 1.23. The lowest BCUT2D eigenvalue weighted by atomic mass is 9.92. The molecule has 0 saturated heterocycles. The number of carbonyl (C=O) groups is 3. The Balaban J connectivity index is 3.47. The van der Waals surface area contributed by atoms with Crippen molar-refractivity contribution >= 4 is 30.5 Å². The predicted molar refractivity (Wildman–Crippen MR) is 145 cm³/mol. The molecule has 2 atom stereocenters. The summed E-state index contributed by atoms with van der Waals surface area (Å²) in [6.45, 7) is 17.5. The molecule has 2 N–H and O–H groups in total. The second-order valence-electron chi connectivity index (χ2n) is 11.0. The number of amides is 3. The van der Waals surface area contributed by atoms with Crippen molar-refractivity contribution in [3.63, 3.8) is 0 Å². The monoisotopic (exact) mass is 507 g/mol. The molecular formula is C27H45N3O4S. The highest BCUT2D eigenvalue weighted by atomic mass is 32.1. The van der Waals surface area contributed by atoms with Gasteiger partial charge in [0.2, 0.25) is 11.8 Å². The van der Waals surface area contributed by atoms with E-state index in [-0.39, 0.29) is 11.7 Å². The van der Waals surface area contributed by atoms with Crippen molar-refractivity contribution in [2.45, 2.75) is 105 Å². The molecule has 1 aromatic rings. The number of aryl methyl sites for hydroxylation is 2. The lowest BCUT2D eigenvalue weighted by molar-refractivity contribution is -0.148. The fraction of sp³-hybridized carbons (Fsp3) is 0.667. The largest absolute Gasteiger partial charge is 0.444 e. The van der Waals surface area contributed by atoms with Gasteiger partial charge >= 0.3 is 6.09 Å². The minimum absolute atomic E-state index is 0.0578. The molecular weight excluding hydrogens is 462 g/mol. The standard InChI is InChI=1S/C27H45N3O4S/c1-10-11-12-15-28-23(31)22(20-16-18(2)13-14-19(20)3)30(26(4,5)6)24(32)21(17-35)29-25(33)34-27(7,8)9/h13-14,16,21-22,35H,10-12,15,17H2,1-9H3,(H,28,31)(H,29,33). The van der Waals surface area contributed by atoms with Gasteiger partial charge in [-0.3, -0.25) is 9.59 Å². The topological polar surface area (TPSA) is 87.7 Å². The number of benzene rings is 1. The van der Waals surface area contributed by atoms with Crippen LogP contribution in [0.2, 0.25) is 0 Å². The van der Waals surface area contributed by atoms with E-state index in [1.807, 2.05) is 52.8 Å². The first kappa shape index (κ1) is 30.8. The molecule has 8 heteroatoms. The maximum absolute atomic E-state index is 13.9. The van der Waals surface area contributed by atoms with Crippen molar-refractivity contribution in [1.29, 1.82) is 0 Å². The van der Waals surface area contributed by atoms with E-state index in [2.05, 4.69) is 30.2 Å². The average Bonchev–Trinajstić information content (AvgIpc) is 2.72. The minimum Gasteiger partial charge on any atom is -0.444 e. The van der Waals surface area contributed by atoms with Gasteiger partial charge in [0.05, 0.1) is 0 Å². The van der Waals surface area contributed by atoms with Crippen LogP contribution in [0, 0.1) is 13.8 Å². The number of rotatable bonds is 10. The van der Waals surface area contributed by atoms with Crippen LogP contribution >= 0.6 is 12.6 Å². The highest BCUT2D eigenvalue weighted by Gasteiger charge is 2.42. The van der Waals surface area contributed by atoms with Gasteiger partial charge in [0, 0.05) is 17.8 Å². The van der Waals surface area contributed by atoms with E-state index in [1.54, 1.807) is 25.7 Å². The summed E-state index contributed by atoms with van der Waals surface area (Å²) in [6.07, 6.45) is 2.22. The quantitative estimate of drug-likeness (QED) is 0.304. The molecule has 198 valence electrons. The van der Waals surface area contributed by atoms with Crippen molar-refractivity contribution in [1.82, 2.24) is 15.5 Å². The molecule has 7 nitrogen and oxygen atoms in total. The second kappa shape index (κ2) is 13.2. The zero-order valence-electron chi connectivity index (χ0n) is 22.9. The number of carbonyl (C=O) groups excluding carboxylic acids is 3. The van der Waals surface area contributed by atoms with Gasteiger partial charge < -0.3 is 20.3 Å². The molecule has 0 spiro atoms. The number of unbranched alkanes of at least 4 members (excludes halogenated alkanes) is 2. The Morgan fingerprint density at radius 3 is 2.20 bits per heavy atom. The Labute approximate surface area is 217 Å². The summed E-state index contributed by atoms with van der Waals surface area (Å²) in [7, 11) is 0. The summed E-state index contributed by atoms with van der Waals surface area (Å²) in [5.74, 6) is -0.580. The zero-order chi connectivity index (χ0) is 27.0. The van der Waals surface area contributed by atoms with E-state index < -0.39 is 35.2 Å². The molecule has 0 radical (unpaired) electrons. The van der Waals surface area contributed by atoms with Crippen molar-refractivity contribution < 1.29 is 19.1 Å². The normalized spacial score (nSPS) is 13.5. The fourth-order valence-corrected chi connectivity index (χ4v) is 4.03. The highest BCUT2D eigenvalue weighted by molar-refractivity contribution is 7.80. The number of nitrogens with one attached hydrogen (secondary N) is 2. The first-order valence-corrected chi connectivity index (χ1v) is 13.0. The number of nitrogens with zero attached hydrogens (tertiary/aromatic N) is 1. The van der Waals surface area contributed by atoms with Gasteiger partial charge in [-0.25, -0.2) is 4.79 Å². The van der Waals surface area contributed by atoms with Crippen LogP contribution in [0.25, 0.3) is 0 Å². The molecule has 0 bridgehead atoms. The van der Waals surface area contributed by atoms with E-state index in [1.165, 1.54) is 0 Å². The van der Waals surface area contributed by atoms with E-state index in [4.69, 9.17) is 4.74 Å². The van der Waals surface area contributed by atoms with E-state index in [0.717, 1.165) is 36.0 Å². The molecule has 0 heterocycles. The van der Waals surface area contributed by atoms with Gasteiger partial charge in [-0.1, -0.05) is 43.5 Å². The third-order valence-corrected chi connectivity index (χ3v) is 5.81. The summed E-state index contributed by atoms with van der Waals surface area (Å²) < 4.78 is 5.36. The lowest BCUT2D eigenvalue weighted by Crippen LogP contribution is -2.59. The third kappa shape index (κ3) is 9.74. The van der Waals surface area contributed by atoms with Crippen LogP contribution in [0.3, 0.4) is 0 Å².